The first-order chi connectivity index (χ1) is 9.28. The van der Waals surface area contributed by atoms with Gasteiger partial charge in [0.25, 0.3) is 5.56 Å². The van der Waals surface area contributed by atoms with E-state index < -0.39 is 5.60 Å². The largest absolute Gasteiger partial charge is 0.390 e. The number of benzene rings is 1. The number of aryl methyl sites for hydroxylation is 1. The number of fused-ring (bicyclic) bond motifs is 1. The number of aliphatic hydroxyl groups is 1. The van der Waals surface area contributed by atoms with Crippen molar-refractivity contribution in [2.24, 2.45) is 7.05 Å². The average Bonchev–Trinajstić information content (AvgIpc) is 2.35. The van der Waals surface area contributed by atoms with Gasteiger partial charge in [-0.05, 0) is 39.3 Å². The molecule has 0 saturated carbocycles. The Morgan fingerprint density at radius 3 is 2.75 bits per heavy atom. The molecule has 0 saturated heterocycles. The van der Waals surface area contributed by atoms with E-state index >= 15 is 0 Å². The lowest BCUT2D eigenvalue weighted by molar-refractivity contribution is 0.0777. The first-order valence-corrected chi connectivity index (χ1v) is 7.59. The SMILES string of the molecule is Cc1ccc2nc(SCCC(C)(C)O)n(C)c(=O)c2c1. The standard InChI is InChI=1S/C15H20N2O2S/c1-10-5-6-12-11(9-10)13(18)17(4)14(16-12)20-8-7-15(2,3)19/h5-6,9,19H,7-8H2,1-4H3. The van der Waals surface area contributed by atoms with Crippen molar-refractivity contribution < 1.29 is 5.11 Å². The van der Waals surface area contributed by atoms with Crippen LogP contribution < -0.4 is 5.56 Å². The van der Waals surface area contributed by atoms with Crippen molar-refractivity contribution in [1.29, 1.82) is 0 Å². The van der Waals surface area contributed by atoms with E-state index in [-0.39, 0.29) is 5.56 Å². The average molecular weight is 292 g/mol. The number of thioether (sulfide) groups is 1. The van der Waals surface area contributed by atoms with E-state index in [1.807, 2.05) is 25.1 Å². The third-order valence-electron chi connectivity index (χ3n) is 3.14. The topological polar surface area (TPSA) is 55.1 Å². The fraction of sp³-hybridized carbons (Fsp3) is 0.467. The Balaban J connectivity index is 2.33. The Hall–Kier alpha value is -1.33. The zero-order valence-corrected chi connectivity index (χ0v) is 13.1. The summed E-state index contributed by atoms with van der Waals surface area (Å²) in [5.41, 5.74) is 1.06. The molecule has 2 rings (SSSR count). The van der Waals surface area contributed by atoms with Crippen LogP contribution in [-0.4, -0.2) is 26.0 Å². The van der Waals surface area contributed by atoms with Crippen molar-refractivity contribution in [3.63, 3.8) is 0 Å². The molecule has 0 amide bonds. The number of rotatable bonds is 4. The quantitative estimate of drug-likeness (QED) is 0.695. The van der Waals surface area contributed by atoms with E-state index in [0.717, 1.165) is 16.8 Å². The maximum absolute atomic E-state index is 12.3. The Morgan fingerprint density at radius 1 is 1.40 bits per heavy atom. The molecule has 0 aliphatic carbocycles. The van der Waals surface area contributed by atoms with Crippen LogP contribution in [0.3, 0.4) is 0 Å². The van der Waals surface area contributed by atoms with E-state index in [1.54, 1.807) is 25.5 Å². The van der Waals surface area contributed by atoms with Crippen molar-refractivity contribution in [3.05, 3.63) is 34.1 Å². The molecular formula is C15H20N2O2S. The number of nitrogens with zero attached hydrogens (tertiary/aromatic N) is 2. The van der Waals surface area contributed by atoms with E-state index in [1.165, 1.54) is 11.8 Å². The molecule has 0 atom stereocenters. The molecule has 0 fully saturated rings. The van der Waals surface area contributed by atoms with E-state index in [4.69, 9.17) is 0 Å². The molecule has 1 aromatic heterocycles. The first kappa shape index (κ1) is 15.1. The van der Waals surface area contributed by atoms with Crippen LogP contribution in [0, 0.1) is 6.92 Å². The molecular weight excluding hydrogens is 272 g/mol. The molecule has 1 heterocycles. The molecule has 2 aromatic rings. The van der Waals surface area contributed by atoms with Crippen LogP contribution in [0.5, 0.6) is 0 Å². The summed E-state index contributed by atoms with van der Waals surface area (Å²) in [7, 11) is 1.74. The fourth-order valence-corrected chi connectivity index (χ4v) is 3.11. The minimum atomic E-state index is -0.695. The van der Waals surface area contributed by atoms with Gasteiger partial charge in [0.2, 0.25) is 0 Å². The third kappa shape index (κ3) is 3.41. The number of hydrogen-bond acceptors (Lipinski definition) is 4. The molecule has 108 valence electrons. The summed E-state index contributed by atoms with van der Waals surface area (Å²) >= 11 is 1.50. The molecule has 0 spiro atoms. The van der Waals surface area contributed by atoms with Gasteiger partial charge in [0.05, 0.1) is 16.5 Å². The first-order valence-electron chi connectivity index (χ1n) is 6.60. The summed E-state index contributed by atoms with van der Waals surface area (Å²) < 4.78 is 1.58. The molecule has 0 radical (unpaired) electrons. The van der Waals surface area contributed by atoms with Gasteiger partial charge in [-0.15, -0.1) is 0 Å². The van der Waals surface area contributed by atoms with Gasteiger partial charge in [-0.2, -0.15) is 0 Å². The van der Waals surface area contributed by atoms with E-state index in [2.05, 4.69) is 4.98 Å². The van der Waals surface area contributed by atoms with Crippen LogP contribution in [0.1, 0.15) is 25.8 Å². The maximum atomic E-state index is 12.3. The molecule has 20 heavy (non-hydrogen) atoms. The normalized spacial score (nSPS) is 12.1. The molecule has 5 heteroatoms. The van der Waals surface area contributed by atoms with Crippen molar-refractivity contribution >= 4 is 22.7 Å². The summed E-state index contributed by atoms with van der Waals surface area (Å²) in [4.78, 5) is 16.9. The monoisotopic (exact) mass is 292 g/mol. The number of aromatic nitrogens is 2. The van der Waals surface area contributed by atoms with Crippen molar-refractivity contribution in [1.82, 2.24) is 9.55 Å². The van der Waals surface area contributed by atoms with Crippen molar-refractivity contribution in [3.8, 4) is 0 Å². The predicted octanol–water partition coefficient (Wildman–Crippen LogP) is 2.50. The third-order valence-corrected chi connectivity index (χ3v) is 4.17. The Bertz CT molecular complexity index is 687. The highest BCUT2D eigenvalue weighted by Gasteiger charge is 2.14. The minimum Gasteiger partial charge on any atom is -0.390 e. The second kappa shape index (κ2) is 5.58. The summed E-state index contributed by atoms with van der Waals surface area (Å²) in [5.74, 6) is 0.723. The maximum Gasteiger partial charge on any atom is 0.261 e. The summed E-state index contributed by atoms with van der Waals surface area (Å²) in [6, 6.07) is 5.71. The molecule has 0 aliphatic rings. The van der Waals surface area contributed by atoms with Crippen LogP contribution in [0.25, 0.3) is 10.9 Å². The van der Waals surface area contributed by atoms with Crippen LogP contribution in [-0.2, 0) is 7.05 Å². The van der Waals surface area contributed by atoms with Crippen LogP contribution in [0.15, 0.2) is 28.2 Å². The molecule has 0 aliphatic heterocycles. The van der Waals surface area contributed by atoms with Gasteiger partial charge in [-0.1, -0.05) is 23.4 Å². The Labute approximate surface area is 122 Å². The van der Waals surface area contributed by atoms with Gasteiger partial charge in [0.15, 0.2) is 5.16 Å². The van der Waals surface area contributed by atoms with Crippen LogP contribution in [0.2, 0.25) is 0 Å². The van der Waals surface area contributed by atoms with Crippen LogP contribution in [0.4, 0.5) is 0 Å². The zero-order valence-electron chi connectivity index (χ0n) is 12.3. The lowest BCUT2D eigenvalue weighted by Crippen LogP contribution is -2.22. The van der Waals surface area contributed by atoms with Crippen molar-refractivity contribution in [2.75, 3.05) is 5.75 Å². The second-order valence-electron chi connectivity index (χ2n) is 5.69. The smallest absolute Gasteiger partial charge is 0.261 e. The lowest BCUT2D eigenvalue weighted by Gasteiger charge is -2.16. The fourth-order valence-electron chi connectivity index (χ4n) is 1.89. The highest BCUT2D eigenvalue weighted by atomic mass is 32.2. The highest BCUT2D eigenvalue weighted by molar-refractivity contribution is 7.99. The molecule has 0 unspecified atom stereocenters. The second-order valence-corrected chi connectivity index (χ2v) is 6.75. The molecule has 1 N–H and O–H groups in total. The molecule has 1 aromatic carbocycles. The number of hydrogen-bond donors (Lipinski definition) is 1. The Kier molecular flexibility index (Phi) is 4.20. The highest BCUT2D eigenvalue weighted by Crippen LogP contribution is 2.21. The van der Waals surface area contributed by atoms with E-state index in [9.17, 15) is 9.90 Å². The zero-order chi connectivity index (χ0) is 14.9. The Morgan fingerprint density at radius 2 is 2.10 bits per heavy atom. The molecule has 4 nitrogen and oxygen atoms in total. The van der Waals surface area contributed by atoms with Gasteiger partial charge in [-0.3, -0.25) is 9.36 Å². The minimum absolute atomic E-state index is 0.0236. The lowest BCUT2D eigenvalue weighted by atomic mass is 10.1. The van der Waals surface area contributed by atoms with Gasteiger partial charge < -0.3 is 5.11 Å². The van der Waals surface area contributed by atoms with E-state index in [0.29, 0.717) is 17.0 Å². The van der Waals surface area contributed by atoms with Crippen LogP contribution >= 0.6 is 11.8 Å². The van der Waals surface area contributed by atoms with Gasteiger partial charge in [-0.25, -0.2) is 4.98 Å². The predicted molar refractivity (Wildman–Crippen MR) is 83.4 cm³/mol. The summed E-state index contributed by atoms with van der Waals surface area (Å²) in [6.45, 7) is 5.53. The van der Waals surface area contributed by atoms with Crippen molar-refractivity contribution in [2.45, 2.75) is 37.9 Å². The summed E-state index contributed by atoms with van der Waals surface area (Å²) in [6.07, 6.45) is 0.652. The summed E-state index contributed by atoms with van der Waals surface area (Å²) in [5, 5.41) is 11.1. The molecule has 0 bridgehead atoms. The van der Waals surface area contributed by atoms with Gasteiger partial charge in [0, 0.05) is 12.8 Å². The van der Waals surface area contributed by atoms with Gasteiger partial charge >= 0.3 is 0 Å². The van der Waals surface area contributed by atoms with Gasteiger partial charge in [0.1, 0.15) is 0 Å².